The van der Waals surface area contributed by atoms with Gasteiger partial charge in [0.25, 0.3) is 5.91 Å². The summed E-state index contributed by atoms with van der Waals surface area (Å²) in [5.41, 5.74) is 1.53. The van der Waals surface area contributed by atoms with Crippen molar-refractivity contribution >= 4 is 23.2 Å². The van der Waals surface area contributed by atoms with Gasteiger partial charge in [-0.15, -0.1) is 0 Å². The summed E-state index contributed by atoms with van der Waals surface area (Å²) >= 11 is 0. The molecule has 3 aromatic rings. The predicted molar refractivity (Wildman–Crippen MR) is 125 cm³/mol. The Morgan fingerprint density at radius 3 is 2.09 bits per heavy atom. The Balaban J connectivity index is 1.65. The second kappa shape index (κ2) is 8.92. The minimum Gasteiger partial charge on any atom is -0.493 e. The Bertz CT molecular complexity index is 1270. The van der Waals surface area contributed by atoms with E-state index in [1.54, 1.807) is 17.2 Å². The summed E-state index contributed by atoms with van der Waals surface area (Å²) in [6, 6.07) is 17.2. The van der Waals surface area contributed by atoms with Crippen LogP contribution in [0.15, 0.2) is 66.7 Å². The first-order chi connectivity index (χ1) is 17.0. The van der Waals surface area contributed by atoms with Crippen LogP contribution in [0.2, 0.25) is 0 Å². The highest BCUT2D eigenvalue weighted by molar-refractivity contribution is 6.24. The van der Waals surface area contributed by atoms with Crippen molar-refractivity contribution in [2.24, 2.45) is 5.92 Å². The molecule has 0 N–H and O–H groups in total. The molecular formula is C26H23FN2O6. The molecule has 2 amide bonds. The molecule has 5 rings (SSSR count). The van der Waals surface area contributed by atoms with Gasteiger partial charge in [0.2, 0.25) is 11.7 Å². The molecule has 0 unspecified atom stereocenters. The molecule has 2 heterocycles. The van der Waals surface area contributed by atoms with Crippen LogP contribution in [0.5, 0.6) is 17.2 Å². The van der Waals surface area contributed by atoms with E-state index >= 15 is 0 Å². The van der Waals surface area contributed by atoms with Crippen LogP contribution < -0.4 is 24.2 Å². The minimum absolute atomic E-state index is 0.281. The second-order valence-electron chi connectivity index (χ2n) is 8.07. The van der Waals surface area contributed by atoms with E-state index in [0.717, 1.165) is 4.90 Å². The molecule has 2 aliphatic rings. The number of carbonyl (C=O) groups excluding carboxylic acids is 2. The van der Waals surface area contributed by atoms with E-state index in [4.69, 9.17) is 19.0 Å². The van der Waals surface area contributed by atoms with Crippen LogP contribution in [0, 0.1) is 11.7 Å². The predicted octanol–water partition coefficient (Wildman–Crippen LogP) is 3.90. The number of hydrogen-bond acceptors (Lipinski definition) is 7. The van der Waals surface area contributed by atoms with Crippen molar-refractivity contribution < 1.29 is 33.0 Å². The monoisotopic (exact) mass is 478 g/mol. The van der Waals surface area contributed by atoms with Crippen molar-refractivity contribution in [3.05, 3.63) is 78.1 Å². The summed E-state index contributed by atoms with van der Waals surface area (Å²) in [5, 5.41) is 1.57. The number of benzene rings is 3. The number of anilines is 2. The van der Waals surface area contributed by atoms with Gasteiger partial charge < -0.3 is 14.2 Å². The molecule has 0 spiro atoms. The van der Waals surface area contributed by atoms with E-state index in [9.17, 15) is 14.0 Å². The Kier molecular flexibility index (Phi) is 5.78. The fraction of sp³-hybridized carbons (Fsp3) is 0.231. The number of fused-ring (bicyclic) bond motifs is 1. The summed E-state index contributed by atoms with van der Waals surface area (Å²) < 4.78 is 30.1. The molecule has 180 valence electrons. The molecule has 2 saturated heterocycles. The van der Waals surface area contributed by atoms with E-state index in [-0.39, 0.29) is 5.69 Å². The molecule has 0 bridgehead atoms. The van der Waals surface area contributed by atoms with E-state index < -0.39 is 35.7 Å². The lowest BCUT2D eigenvalue weighted by atomic mass is 9.89. The number of para-hydroxylation sites is 1. The topological polar surface area (TPSA) is 77.5 Å². The molecule has 9 heteroatoms. The quantitative estimate of drug-likeness (QED) is 0.498. The largest absolute Gasteiger partial charge is 0.493 e. The van der Waals surface area contributed by atoms with Gasteiger partial charge in [0.1, 0.15) is 17.8 Å². The van der Waals surface area contributed by atoms with E-state index in [1.165, 1.54) is 45.6 Å². The molecule has 0 aliphatic carbocycles. The zero-order chi connectivity index (χ0) is 24.7. The number of rotatable bonds is 6. The van der Waals surface area contributed by atoms with Gasteiger partial charge in [0.15, 0.2) is 17.6 Å². The first-order valence-electron chi connectivity index (χ1n) is 10.9. The van der Waals surface area contributed by atoms with Gasteiger partial charge in [-0.25, -0.2) is 14.4 Å². The van der Waals surface area contributed by atoms with Crippen LogP contribution in [0.25, 0.3) is 0 Å². The number of carbonyl (C=O) groups is 2. The lowest BCUT2D eigenvalue weighted by Crippen LogP contribution is -2.37. The van der Waals surface area contributed by atoms with Crippen LogP contribution in [0.1, 0.15) is 11.6 Å². The Morgan fingerprint density at radius 1 is 0.771 bits per heavy atom. The van der Waals surface area contributed by atoms with Gasteiger partial charge in [0.05, 0.1) is 32.7 Å². The third-order valence-electron chi connectivity index (χ3n) is 6.26. The zero-order valence-corrected chi connectivity index (χ0v) is 19.3. The van der Waals surface area contributed by atoms with Crippen LogP contribution in [0.4, 0.5) is 15.8 Å². The third-order valence-corrected chi connectivity index (χ3v) is 6.26. The van der Waals surface area contributed by atoms with Crippen molar-refractivity contribution in [2.45, 2.75) is 12.1 Å². The number of imide groups is 1. The molecule has 2 fully saturated rings. The molecular weight excluding hydrogens is 455 g/mol. The van der Waals surface area contributed by atoms with Crippen LogP contribution >= 0.6 is 0 Å². The summed E-state index contributed by atoms with van der Waals surface area (Å²) in [5.74, 6) is -1.15. The molecule has 0 aromatic heterocycles. The maximum Gasteiger partial charge on any atom is 0.266 e. The van der Waals surface area contributed by atoms with Crippen LogP contribution in [0.3, 0.4) is 0 Å². The Labute approximate surface area is 201 Å². The number of ether oxygens (including phenoxy) is 3. The van der Waals surface area contributed by atoms with Gasteiger partial charge in [-0.2, -0.15) is 0 Å². The number of hydroxylamine groups is 1. The van der Waals surface area contributed by atoms with Crippen LogP contribution in [-0.4, -0.2) is 39.2 Å². The van der Waals surface area contributed by atoms with E-state index in [2.05, 4.69) is 0 Å². The number of methoxy groups -OCH3 is 3. The highest BCUT2D eigenvalue weighted by atomic mass is 19.1. The van der Waals surface area contributed by atoms with E-state index in [0.29, 0.717) is 28.5 Å². The first kappa shape index (κ1) is 22.7. The number of halogens is 1. The minimum atomic E-state index is -1.07. The SMILES string of the molecule is COc1ccc([C@@H]2[C@@H]3C(=O)N(c4ccc(F)cc4)C(=O)[C@H]3ON2c2ccccc2)c(OC)c1OC. The number of nitrogens with zero attached hydrogens (tertiary/aromatic N) is 2. The molecule has 8 nitrogen and oxygen atoms in total. The van der Waals surface area contributed by atoms with Gasteiger partial charge in [-0.05, 0) is 48.5 Å². The summed E-state index contributed by atoms with van der Waals surface area (Å²) in [6.07, 6.45) is -1.07. The second-order valence-corrected chi connectivity index (χ2v) is 8.07. The van der Waals surface area contributed by atoms with Crippen molar-refractivity contribution in [3.8, 4) is 17.2 Å². The molecule has 3 atom stereocenters. The average molecular weight is 478 g/mol. The lowest BCUT2D eigenvalue weighted by Gasteiger charge is -2.30. The van der Waals surface area contributed by atoms with Crippen LogP contribution in [-0.2, 0) is 14.4 Å². The summed E-state index contributed by atoms with van der Waals surface area (Å²) in [7, 11) is 4.50. The Morgan fingerprint density at radius 2 is 1.46 bits per heavy atom. The average Bonchev–Trinajstić information content (AvgIpc) is 3.39. The molecule has 2 aliphatic heterocycles. The van der Waals surface area contributed by atoms with Gasteiger partial charge in [0, 0.05) is 5.56 Å². The first-order valence-corrected chi connectivity index (χ1v) is 10.9. The maximum absolute atomic E-state index is 13.7. The molecule has 35 heavy (non-hydrogen) atoms. The third kappa shape index (κ3) is 3.55. The van der Waals surface area contributed by atoms with Crippen molar-refractivity contribution in [1.29, 1.82) is 0 Å². The fourth-order valence-corrected chi connectivity index (χ4v) is 4.73. The van der Waals surface area contributed by atoms with Crippen molar-refractivity contribution in [2.75, 3.05) is 31.3 Å². The number of amides is 2. The smallest absolute Gasteiger partial charge is 0.266 e. The van der Waals surface area contributed by atoms with Gasteiger partial charge >= 0.3 is 0 Å². The Hall–Kier alpha value is -4.11. The molecule has 0 radical (unpaired) electrons. The van der Waals surface area contributed by atoms with Crippen molar-refractivity contribution in [3.63, 3.8) is 0 Å². The van der Waals surface area contributed by atoms with Gasteiger partial charge in [-0.1, -0.05) is 18.2 Å². The highest BCUT2D eigenvalue weighted by Gasteiger charge is 2.61. The number of hydrogen-bond donors (Lipinski definition) is 0. The summed E-state index contributed by atoms with van der Waals surface area (Å²) in [4.78, 5) is 34.3. The normalized spacial score (nSPS) is 21.3. The molecule has 3 aromatic carbocycles. The standard InChI is InChI=1S/C26H23FN2O6/c1-32-19-14-13-18(22(33-2)23(19)34-3)21-20-24(35-29(21)17-7-5-4-6-8-17)26(31)28(25(20)30)16-11-9-15(27)10-12-16/h4-14,20-21,24H,1-3H3/t20-,21+,24-/m0/s1. The van der Waals surface area contributed by atoms with E-state index in [1.807, 2.05) is 30.3 Å². The van der Waals surface area contributed by atoms with Crippen molar-refractivity contribution in [1.82, 2.24) is 0 Å². The fourth-order valence-electron chi connectivity index (χ4n) is 4.73. The zero-order valence-electron chi connectivity index (χ0n) is 19.3. The summed E-state index contributed by atoms with van der Waals surface area (Å²) in [6.45, 7) is 0. The van der Waals surface area contributed by atoms with Gasteiger partial charge in [-0.3, -0.25) is 14.4 Å². The molecule has 0 saturated carbocycles. The maximum atomic E-state index is 13.7. The lowest BCUT2D eigenvalue weighted by molar-refractivity contribution is -0.126. The highest BCUT2D eigenvalue weighted by Crippen LogP contribution is 2.52.